The molecule has 0 aliphatic carbocycles. The van der Waals surface area contributed by atoms with E-state index in [-0.39, 0.29) is 6.10 Å². The molecular formula is C37H42Br3NO4. The van der Waals surface area contributed by atoms with Gasteiger partial charge in [-0.1, -0.05) is 121 Å². The van der Waals surface area contributed by atoms with Crippen LogP contribution in [0.2, 0.25) is 0 Å². The Kier molecular flexibility index (Phi) is 16.7. The number of ether oxygens (including phenoxy) is 4. The standard InChI is InChI=1S/C18H20BrNO2.C13H18O2.C6H4Br2/c19-16-7-4-8-17(11-16)20-9-10-22-18(12-20)14-21-13-15-5-2-1-3-6-15;1-2-6-12(7-3-1)10-14-11-13-8-4-5-9-15-13;7-5-2-1-3-6(8)4-5/h1-8,11,18H,9-10,12-14H2;1-3,6-7,13H,4-5,8-11H2;1-4H/t18-;13-;/m00./s1. The first-order valence-corrected chi connectivity index (χ1v) is 17.8. The van der Waals surface area contributed by atoms with Crippen molar-refractivity contribution in [3.63, 3.8) is 0 Å². The molecule has 8 heteroatoms. The lowest BCUT2D eigenvalue weighted by atomic mass is 10.1. The highest BCUT2D eigenvalue weighted by atomic mass is 79.9. The fourth-order valence-electron chi connectivity index (χ4n) is 4.89. The second-order valence-electron chi connectivity index (χ2n) is 10.8. The van der Waals surface area contributed by atoms with E-state index in [1.54, 1.807) is 0 Å². The maximum atomic E-state index is 5.82. The number of nitrogens with zero attached hydrogens (tertiary/aromatic N) is 1. The number of rotatable bonds is 9. The lowest BCUT2D eigenvalue weighted by Gasteiger charge is -2.34. The van der Waals surface area contributed by atoms with E-state index in [1.165, 1.54) is 29.7 Å². The molecule has 2 atom stereocenters. The summed E-state index contributed by atoms with van der Waals surface area (Å²) in [5.74, 6) is 0. The van der Waals surface area contributed by atoms with Gasteiger partial charge in [0.25, 0.3) is 0 Å². The third-order valence-electron chi connectivity index (χ3n) is 7.20. The molecule has 2 aliphatic heterocycles. The molecule has 2 saturated heterocycles. The highest BCUT2D eigenvalue weighted by Gasteiger charge is 2.21. The molecule has 4 aromatic rings. The smallest absolute Gasteiger partial charge is 0.0983 e. The summed E-state index contributed by atoms with van der Waals surface area (Å²) in [5.41, 5.74) is 3.65. The zero-order valence-corrected chi connectivity index (χ0v) is 30.3. The fraction of sp³-hybridized carbons (Fsp3) is 0.351. The lowest BCUT2D eigenvalue weighted by molar-refractivity contribution is -0.0447. The van der Waals surface area contributed by atoms with Crippen LogP contribution in [0.15, 0.2) is 123 Å². The first-order valence-electron chi connectivity index (χ1n) is 15.4. The number of hydrogen-bond donors (Lipinski definition) is 0. The summed E-state index contributed by atoms with van der Waals surface area (Å²) in [6, 6.07) is 36.9. The molecule has 240 valence electrons. The van der Waals surface area contributed by atoms with E-state index >= 15 is 0 Å². The van der Waals surface area contributed by atoms with Gasteiger partial charge >= 0.3 is 0 Å². The Morgan fingerprint density at radius 1 is 0.600 bits per heavy atom. The molecule has 0 bridgehead atoms. The van der Waals surface area contributed by atoms with Crippen LogP contribution in [-0.2, 0) is 32.2 Å². The summed E-state index contributed by atoms with van der Waals surface area (Å²) in [6.07, 6.45) is 4.07. The highest BCUT2D eigenvalue weighted by Crippen LogP contribution is 2.22. The number of anilines is 1. The zero-order chi connectivity index (χ0) is 31.5. The normalized spacial score (nSPS) is 17.8. The largest absolute Gasteiger partial charge is 0.376 e. The molecule has 0 N–H and O–H groups in total. The average Bonchev–Trinajstić information content (AvgIpc) is 3.07. The third kappa shape index (κ3) is 14.5. The Balaban J connectivity index is 0.000000172. The predicted molar refractivity (Wildman–Crippen MR) is 194 cm³/mol. The number of morpholine rings is 1. The molecular weight excluding hydrogens is 762 g/mol. The Hall–Kier alpha value is -2.04. The summed E-state index contributed by atoms with van der Waals surface area (Å²) in [4.78, 5) is 2.35. The molecule has 0 aromatic heterocycles. The maximum Gasteiger partial charge on any atom is 0.0983 e. The van der Waals surface area contributed by atoms with Crippen molar-refractivity contribution in [3.8, 4) is 0 Å². The molecule has 0 spiro atoms. The number of hydrogen-bond acceptors (Lipinski definition) is 5. The molecule has 2 heterocycles. The molecule has 6 rings (SSSR count). The van der Waals surface area contributed by atoms with Crippen molar-refractivity contribution in [2.75, 3.05) is 44.4 Å². The van der Waals surface area contributed by atoms with Gasteiger partial charge in [0.1, 0.15) is 0 Å². The molecule has 2 aliphatic rings. The van der Waals surface area contributed by atoms with Crippen molar-refractivity contribution in [2.45, 2.75) is 44.7 Å². The van der Waals surface area contributed by atoms with E-state index in [2.05, 4.69) is 95.2 Å². The van der Waals surface area contributed by atoms with Gasteiger partial charge in [-0.05, 0) is 66.8 Å². The van der Waals surface area contributed by atoms with Crippen LogP contribution in [-0.4, -0.2) is 51.7 Å². The van der Waals surface area contributed by atoms with Crippen LogP contribution < -0.4 is 4.90 Å². The van der Waals surface area contributed by atoms with Crippen LogP contribution in [0.5, 0.6) is 0 Å². The minimum atomic E-state index is 0.122. The molecule has 4 aromatic carbocycles. The minimum Gasteiger partial charge on any atom is -0.376 e. The first kappa shape index (κ1) is 35.8. The quantitative estimate of drug-likeness (QED) is 0.169. The third-order valence-corrected chi connectivity index (χ3v) is 8.68. The monoisotopic (exact) mass is 801 g/mol. The Bertz CT molecular complexity index is 1340. The Labute approximate surface area is 293 Å². The summed E-state index contributed by atoms with van der Waals surface area (Å²) in [7, 11) is 0. The SMILES string of the molecule is Brc1cccc(Br)c1.Brc1cccc(N2CCO[C@H](COCc3ccccc3)C2)c1.c1ccc(COC[C@@H]2CCCCO2)cc1. The average molecular weight is 804 g/mol. The lowest BCUT2D eigenvalue weighted by Crippen LogP contribution is -2.44. The molecule has 0 saturated carbocycles. The van der Waals surface area contributed by atoms with E-state index in [4.69, 9.17) is 18.9 Å². The zero-order valence-electron chi connectivity index (χ0n) is 25.5. The van der Waals surface area contributed by atoms with E-state index < -0.39 is 0 Å². The molecule has 45 heavy (non-hydrogen) atoms. The summed E-state index contributed by atoms with van der Waals surface area (Å²) < 4.78 is 26.2. The summed E-state index contributed by atoms with van der Waals surface area (Å²) >= 11 is 10.2. The van der Waals surface area contributed by atoms with E-state index in [9.17, 15) is 0 Å². The second kappa shape index (κ2) is 21.0. The van der Waals surface area contributed by atoms with Crippen LogP contribution in [0, 0.1) is 0 Å². The van der Waals surface area contributed by atoms with E-state index in [0.29, 0.717) is 25.9 Å². The van der Waals surface area contributed by atoms with Gasteiger partial charge in [-0.3, -0.25) is 0 Å². The predicted octanol–water partition coefficient (Wildman–Crippen LogP) is 9.85. The van der Waals surface area contributed by atoms with Gasteiger partial charge in [0.2, 0.25) is 0 Å². The number of halogens is 3. The van der Waals surface area contributed by atoms with E-state index in [0.717, 1.165) is 52.7 Å². The van der Waals surface area contributed by atoms with Crippen LogP contribution in [0.25, 0.3) is 0 Å². The molecule has 0 radical (unpaired) electrons. The molecule has 5 nitrogen and oxygen atoms in total. The van der Waals surface area contributed by atoms with Crippen molar-refractivity contribution < 1.29 is 18.9 Å². The minimum absolute atomic E-state index is 0.122. The van der Waals surface area contributed by atoms with Crippen molar-refractivity contribution in [1.82, 2.24) is 0 Å². The van der Waals surface area contributed by atoms with Crippen LogP contribution in [0.3, 0.4) is 0 Å². The van der Waals surface area contributed by atoms with Gasteiger partial charge in [0.05, 0.1) is 45.2 Å². The van der Waals surface area contributed by atoms with Crippen molar-refractivity contribution in [3.05, 3.63) is 134 Å². The van der Waals surface area contributed by atoms with Crippen molar-refractivity contribution in [1.29, 1.82) is 0 Å². The maximum absolute atomic E-state index is 5.82. The van der Waals surface area contributed by atoms with Crippen LogP contribution >= 0.6 is 47.8 Å². The van der Waals surface area contributed by atoms with Gasteiger partial charge in [-0.15, -0.1) is 0 Å². The highest BCUT2D eigenvalue weighted by molar-refractivity contribution is 9.11. The van der Waals surface area contributed by atoms with Gasteiger partial charge < -0.3 is 23.8 Å². The van der Waals surface area contributed by atoms with Gasteiger partial charge in [0, 0.05) is 38.8 Å². The summed E-state index contributed by atoms with van der Waals surface area (Å²) in [6.45, 7) is 6.12. The topological polar surface area (TPSA) is 40.2 Å². The molecule has 0 unspecified atom stereocenters. The molecule has 0 amide bonds. The first-order chi connectivity index (χ1) is 22.0. The summed E-state index contributed by atoms with van der Waals surface area (Å²) in [5, 5.41) is 0. The van der Waals surface area contributed by atoms with Crippen molar-refractivity contribution in [2.24, 2.45) is 0 Å². The Morgan fingerprint density at radius 2 is 1.16 bits per heavy atom. The second-order valence-corrected chi connectivity index (χ2v) is 13.6. The Morgan fingerprint density at radius 3 is 1.69 bits per heavy atom. The van der Waals surface area contributed by atoms with Crippen LogP contribution in [0.1, 0.15) is 30.4 Å². The van der Waals surface area contributed by atoms with Gasteiger partial charge in [-0.25, -0.2) is 0 Å². The van der Waals surface area contributed by atoms with Crippen LogP contribution in [0.4, 0.5) is 5.69 Å². The van der Waals surface area contributed by atoms with E-state index in [1.807, 2.05) is 66.7 Å². The van der Waals surface area contributed by atoms with Crippen molar-refractivity contribution >= 4 is 53.5 Å². The van der Waals surface area contributed by atoms with Gasteiger partial charge in [0.15, 0.2) is 0 Å². The number of benzene rings is 4. The molecule has 2 fully saturated rings. The fourth-order valence-corrected chi connectivity index (χ4v) is 6.38. The van der Waals surface area contributed by atoms with Gasteiger partial charge in [-0.2, -0.15) is 0 Å².